The summed E-state index contributed by atoms with van der Waals surface area (Å²) in [4.78, 5) is 17.9. The van der Waals surface area contributed by atoms with Gasteiger partial charge in [0.2, 0.25) is 0 Å². The summed E-state index contributed by atoms with van der Waals surface area (Å²) in [5, 5.41) is 0. The second-order valence-corrected chi connectivity index (χ2v) is 5.08. The van der Waals surface area contributed by atoms with E-state index in [1.807, 2.05) is 13.8 Å². The number of unbranched alkanes of at least 4 members (excludes halogenated alkanes) is 1. The predicted octanol–water partition coefficient (Wildman–Crippen LogP) is 2.52. The van der Waals surface area contributed by atoms with Gasteiger partial charge in [0.1, 0.15) is 0 Å². The van der Waals surface area contributed by atoms with Gasteiger partial charge >= 0.3 is 7.60 Å². The predicted molar refractivity (Wildman–Crippen MR) is 50.3 cm³/mol. The maximum atomic E-state index is 10.9. The molecule has 0 rings (SSSR count). The van der Waals surface area contributed by atoms with Crippen molar-refractivity contribution in [2.75, 3.05) is 0 Å². The fourth-order valence-electron chi connectivity index (χ4n) is 1.25. The summed E-state index contributed by atoms with van der Waals surface area (Å²) >= 11 is 0. The van der Waals surface area contributed by atoms with Crippen molar-refractivity contribution in [1.82, 2.24) is 0 Å². The van der Waals surface area contributed by atoms with Crippen LogP contribution in [0.1, 0.15) is 46.0 Å². The van der Waals surface area contributed by atoms with Crippen LogP contribution in [0, 0.1) is 0 Å². The van der Waals surface area contributed by atoms with Crippen LogP contribution in [0.5, 0.6) is 0 Å². The van der Waals surface area contributed by atoms with Crippen LogP contribution in [0.25, 0.3) is 0 Å². The van der Waals surface area contributed by atoms with Gasteiger partial charge in [-0.3, -0.25) is 4.57 Å². The molecular formula is C8H19O3P. The second-order valence-electron chi connectivity index (χ2n) is 3.17. The molecule has 0 fully saturated rings. The van der Waals surface area contributed by atoms with E-state index in [1.54, 1.807) is 0 Å². The van der Waals surface area contributed by atoms with Crippen molar-refractivity contribution in [3.05, 3.63) is 0 Å². The molecule has 3 nitrogen and oxygen atoms in total. The third-order valence-electron chi connectivity index (χ3n) is 1.99. The molecule has 0 heterocycles. The highest BCUT2D eigenvalue weighted by atomic mass is 31.2. The Morgan fingerprint density at radius 1 is 1.17 bits per heavy atom. The fourth-order valence-corrected chi connectivity index (χ4v) is 2.37. The van der Waals surface area contributed by atoms with Gasteiger partial charge in [-0.25, -0.2) is 0 Å². The summed E-state index contributed by atoms with van der Waals surface area (Å²) < 4.78 is 10.9. The molecule has 0 aromatic rings. The lowest BCUT2D eigenvalue weighted by molar-refractivity contribution is 0.348. The number of rotatable bonds is 6. The van der Waals surface area contributed by atoms with E-state index in [1.165, 1.54) is 0 Å². The minimum atomic E-state index is -3.82. The van der Waals surface area contributed by atoms with Crippen LogP contribution < -0.4 is 0 Å². The monoisotopic (exact) mass is 194 g/mol. The minimum absolute atomic E-state index is 0.401. The Morgan fingerprint density at radius 3 is 2.08 bits per heavy atom. The SMILES string of the molecule is CCCCC(CCC)P(=O)(O)O. The van der Waals surface area contributed by atoms with Crippen molar-refractivity contribution in [1.29, 1.82) is 0 Å². The van der Waals surface area contributed by atoms with Gasteiger partial charge in [-0.1, -0.05) is 33.1 Å². The Morgan fingerprint density at radius 2 is 1.75 bits per heavy atom. The maximum Gasteiger partial charge on any atom is 0.328 e. The second kappa shape index (κ2) is 5.74. The normalized spacial score (nSPS) is 14.7. The first-order valence-corrected chi connectivity index (χ1v) is 6.25. The van der Waals surface area contributed by atoms with Crippen molar-refractivity contribution >= 4 is 7.60 Å². The molecule has 2 N–H and O–H groups in total. The van der Waals surface area contributed by atoms with Gasteiger partial charge in [-0.2, -0.15) is 0 Å². The highest BCUT2D eigenvalue weighted by Gasteiger charge is 2.26. The summed E-state index contributed by atoms with van der Waals surface area (Å²) in [6, 6.07) is 0. The highest BCUT2D eigenvalue weighted by molar-refractivity contribution is 7.52. The Bertz CT molecular complexity index is 152. The molecule has 0 aromatic heterocycles. The van der Waals surface area contributed by atoms with E-state index in [4.69, 9.17) is 9.79 Å². The Kier molecular flexibility index (Phi) is 5.81. The number of hydrogen-bond donors (Lipinski definition) is 2. The maximum absolute atomic E-state index is 10.9. The lowest BCUT2D eigenvalue weighted by Gasteiger charge is -2.16. The molecule has 0 aliphatic rings. The lowest BCUT2D eigenvalue weighted by atomic mass is 10.1. The minimum Gasteiger partial charge on any atom is -0.324 e. The molecule has 0 saturated heterocycles. The molecule has 0 spiro atoms. The van der Waals surface area contributed by atoms with Crippen LogP contribution in [0.2, 0.25) is 0 Å². The number of hydrogen-bond acceptors (Lipinski definition) is 1. The molecule has 0 amide bonds. The van der Waals surface area contributed by atoms with Gasteiger partial charge in [0.25, 0.3) is 0 Å². The molecule has 0 aromatic carbocycles. The van der Waals surface area contributed by atoms with Gasteiger partial charge in [-0.05, 0) is 12.8 Å². The summed E-state index contributed by atoms with van der Waals surface area (Å²) in [6.07, 6.45) is 4.06. The van der Waals surface area contributed by atoms with Crippen molar-refractivity contribution in [3.8, 4) is 0 Å². The Labute approximate surface area is 74.3 Å². The third-order valence-corrected chi connectivity index (χ3v) is 3.46. The van der Waals surface area contributed by atoms with Crippen molar-refractivity contribution in [3.63, 3.8) is 0 Å². The topological polar surface area (TPSA) is 57.5 Å². The van der Waals surface area contributed by atoms with E-state index >= 15 is 0 Å². The van der Waals surface area contributed by atoms with Crippen LogP contribution in [0.15, 0.2) is 0 Å². The van der Waals surface area contributed by atoms with Crippen LogP contribution in [0.4, 0.5) is 0 Å². The van der Waals surface area contributed by atoms with E-state index in [2.05, 4.69) is 0 Å². The average Bonchev–Trinajstić information content (AvgIpc) is 1.95. The zero-order valence-corrected chi connectivity index (χ0v) is 8.76. The summed E-state index contributed by atoms with van der Waals surface area (Å²) in [5.41, 5.74) is -0.401. The Balaban J connectivity index is 3.95. The first kappa shape index (κ1) is 12.2. The molecule has 1 atom stereocenters. The smallest absolute Gasteiger partial charge is 0.324 e. The fraction of sp³-hybridized carbons (Fsp3) is 1.00. The van der Waals surface area contributed by atoms with Crippen LogP contribution in [-0.2, 0) is 4.57 Å². The quantitative estimate of drug-likeness (QED) is 0.639. The first-order valence-electron chi connectivity index (χ1n) is 4.57. The molecule has 0 bridgehead atoms. The molecule has 1 unspecified atom stereocenters. The zero-order chi connectivity index (χ0) is 9.61. The van der Waals surface area contributed by atoms with Crippen molar-refractivity contribution in [2.45, 2.75) is 51.6 Å². The van der Waals surface area contributed by atoms with E-state index in [0.29, 0.717) is 12.8 Å². The van der Waals surface area contributed by atoms with Crippen LogP contribution in [-0.4, -0.2) is 15.4 Å². The van der Waals surface area contributed by atoms with Crippen molar-refractivity contribution in [2.24, 2.45) is 0 Å². The molecule has 12 heavy (non-hydrogen) atoms. The molecule has 0 radical (unpaired) electrons. The Hall–Kier alpha value is 0.150. The van der Waals surface area contributed by atoms with Gasteiger partial charge in [0.05, 0.1) is 5.66 Å². The van der Waals surface area contributed by atoms with Gasteiger partial charge < -0.3 is 9.79 Å². The lowest BCUT2D eigenvalue weighted by Crippen LogP contribution is -2.07. The first-order chi connectivity index (χ1) is 5.52. The average molecular weight is 194 g/mol. The molecule has 0 aliphatic carbocycles. The van der Waals surface area contributed by atoms with Gasteiger partial charge in [-0.15, -0.1) is 0 Å². The highest BCUT2D eigenvalue weighted by Crippen LogP contribution is 2.45. The molecular weight excluding hydrogens is 175 g/mol. The standard InChI is InChI=1S/C8H19O3P/c1-3-5-7-8(6-4-2)12(9,10)11/h8H,3-7H2,1-2H3,(H2,9,10,11). The molecule has 74 valence electrons. The van der Waals surface area contributed by atoms with E-state index in [-0.39, 0.29) is 0 Å². The van der Waals surface area contributed by atoms with Gasteiger partial charge in [0, 0.05) is 0 Å². The summed E-state index contributed by atoms with van der Waals surface area (Å²) in [7, 11) is -3.82. The van der Waals surface area contributed by atoms with Crippen molar-refractivity contribution < 1.29 is 14.4 Å². The summed E-state index contributed by atoms with van der Waals surface area (Å²) in [5.74, 6) is 0. The van der Waals surface area contributed by atoms with Crippen LogP contribution >= 0.6 is 7.60 Å². The van der Waals surface area contributed by atoms with Gasteiger partial charge in [0.15, 0.2) is 0 Å². The zero-order valence-electron chi connectivity index (χ0n) is 7.86. The third kappa shape index (κ3) is 4.91. The van der Waals surface area contributed by atoms with E-state index < -0.39 is 13.3 Å². The molecule has 0 saturated carbocycles. The molecule has 0 aliphatic heterocycles. The largest absolute Gasteiger partial charge is 0.328 e. The van der Waals surface area contributed by atoms with E-state index in [0.717, 1.165) is 19.3 Å². The summed E-state index contributed by atoms with van der Waals surface area (Å²) in [6.45, 7) is 3.98. The molecule has 4 heteroatoms. The van der Waals surface area contributed by atoms with Crippen LogP contribution in [0.3, 0.4) is 0 Å². The van der Waals surface area contributed by atoms with E-state index in [9.17, 15) is 4.57 Å².